The third-order valence-electron chi connectivity index (χ3n) is 4.34. The van der Waals surface area contributed by atoms with Gasteiger partial charge in [0.1, 0.15) is 4.83 Å². The number of carbonyl (C=O) groups excluding carboxylic acids is 1. The number of hydrazine groups is 1. The minimum atomic E-state index is -0.201. The van der Waals surface area contributed by atoms with Gasteiger partial charge in [-0.3, -0.25) is 15.6 Å². The molecule has 1 aliphatic carbocycles. The Bertz CT molecular complexity index is 814. The predicted octanol–water partition coefficient (Wildman–Crippen LogP) is 3.12. The quantitative estimate of drug-likeness (QED) is 0.493. The lowest BCUT2D eigenvalue weighted by Gasteiger charge is -2.30. The number of aromatic nitrogens is 2. The van der Waals surface area contributed by atoms with E-state index in [9.17, 15) is 4.79 Å². The van der Waals surface area contributed by atoms with Gasteiger partial charge in [-0.15, -0.1) is 11.3 Å². The van der Waals surface area contributed by atoms with Crippen LogP contribution in [0.15, 0.2) is 5.16 Å². The standard InChI is InChI=1S/C16H20N4O2S2/c1-16(2)6-9-10(7-22-16)24-14-11(9)12(17-15(18-14)23-3)19-20-13(21)8-4-5-8/h8H,4-7H2,1-3H3,(H,20,21)(H,17,18,19). The van der Waals surface area contributed by atoms with E-state index in [1.54, 1.807) is 11.3 Å². The molecule has 0 aromatic carbocycles. The molecule has 2 aliphatic rings. The molecule has 1 amide bonds. The summed E-state index contributed by atoms with van der Waals surface area (Å²) in [5.41, 5.74) is 6.89. The summed E-state index contributed by atoms with van der Waals surface area (Å²) in [5.74, 6) is 0.882. The summed E-state index contributed by atoms with van der Waals surface area (Å²) in [6.45, 7) is 4.79. The van der Waals surface area contributed by atoms with Crippen LogP contribution in [0.25, 0.3) is 10.2 Å². The topological polar surface area (TPSA) is 76.1 Å². The first-order valence-electron chi connectivity index (χ1n) is 8.03. The number of thiophene rings is 1. The predicted molar refractivity (Wildman–Crippen MR) is 96.3 cm³/mol. The highest BCUT2D eigenvalue weighted by Gasteiger charge is 2.32. The van der Waals surface area contributed by atoms with Crippen LogP contribution in [0.1, 0.15) is 37.1 Å². The lowest BCUT2D eigenvalue weighted by Crippen LogP contribution is -2.32. The number of amides is 1. The molecule has 0 atom stereocenters. The van der Waals surface area contributed by atoms with Crippen molar-refractivity contribution in [1.82, 2.24) is 15.4 Å². The molecule has 0 bridgehead atoms. The molecule has 4 rings (SSSR count). The van der Waals surface area contributed by atoms with Crippen molar-refractivity contribution in [2.24, 2.45) is 5.92 Å². The molecule has 8 heteroatoms. The number of ether oxygens (including phenoxy) is 1. The van der Waals surface area contributed by atoms with Crippen molar-refractivity contribution in [3.05, 3.63) is 10.4 Å². The van der Waals surface area contributed by atoms with Crippen molar-refractivity contribution in [2.45, 2.75) is 50.5 Å². The molecule has 1 fully saturated rings. The fraction of sp³-hybridized carbons (Fsp3) is 0.562. The van der Waals surface area contributed by atoms with Crippen LogP contribution in [0, 0.1) is 5.92 Å². The lowest BCUT2D eigenvalue weighted by atomic mass is 9.94. The van der Waals surface area contributed by atoms with E-state index in [0.717, 1.165) is 29.5 Å². The van der Waals surface area contributed by atoms with Crippen LogP contribution in [0.4, 0.5) is 5.82 Å². The van der Waals surface area contributed by atoms with E-state index in [0.29, 0.717) is 17.6 Å². The van der Waals surface area contributed by atoms with Gasteiger partial charge in [0.15, 0.2) is 11.0 Å². The molecular weight excluding hydrogens is 344 g/mol. The van der Waals surface area contributed by atoms with Gasteiger partial charge in [0.05, 0.1) is 17.6 Å². The summed E-state index contributed by atoms with van der Waals surface area (Å²) in [4.78, 5) is 23.3. The van der Waals surface area contributed by atoms with Crippen LogP contribution >= 0.6 is 23.1 Å². The molecule has 1 aliphatic heterocycles. The Morgan fingerprint density at radius 1 is 1.38 bits per heavy atom. The van der Waals surface area contributed by atoms with Crippen molar-refractivity contribution < 1.29 is 9.53 Å². The van der Waals surface area contributed by atoms with Gasteiger partial charge < -0.3 is 4.74 Å². The molecule has 0 spiro atoms. The minimum Gasteiger partial charge on any atom is -0.370 e. The largest absolute Gasteiger partial charge is 0.370 e. The molecule has 6 nitrogen and oxygen atoms in total. The van der Waals surface area contributed by atoms with Gasteiger partial charge in [-0.05, 0) is 38.5 Å². The zero-order chi connectivity index (χ0) is 16.9. The van der Waals surface area contributed by atoms with E-state index >= 15 is 0 Å². The van der Waals surface area contributed by atoms with E-state index in [4.69, 9.17) is 4.74 Å². The Kier molecular flexibility index (Phi) is 3.93. The number of carbonyl (C=O) groups is 1. The smallest absolute Gasteiger partial charge is 0.241 e. The maximum atomic E-state index is 12.0. The third kappa shape index (κ3) is 2.98. The Morgan fingerprint density at radius 3 is 2.88 bits per heavy atom. The lowest BCUT2D eigenvalue weighted by molar-refractivity contribution is -0.121. The number of nitrogens with one attached hydrogen (secondary N) is 2. The van der Waals surface area contributed by atoms with Gasteiger partial charge in [-0.25, -0.2) is 9.97 Å². The van der Waals surface area contributed by atoms with Crippen molar-refractivity contribution >= 4 is 45.0 Å². The highest BCUT2D eigenvalue weighted by molar-refractivity contribution is 7.98. The molecule has 0 saturated heterocycles. The van der Waals surface area contributed by atoms with E-state index < -0.39 is 0 Å². The Hall–Kier alpha value is -1.38. The highest BCUT2D eigenvalue weighted by atomic mass is 32.2. The first-order chi connectivity index (χ1) is 11.5. The van der Waals surface area contributed by atoms with Gasteiger partial charge in [0, 0.05) is 17.2 Å². The molecule has 0 unspecified atom stereocenters. The zero-order valence-electron chi connectivity index (χ0n) is 13.9. The first kappa shape index (κ1) is 16.1. The molecule has 0 radical (unpaired) electrons. The number of hydrogen-bond donors (Lipinski definition) is 2. The Morgan fingerprint density at radius 2 is 2.17 bits per heavy atom. The van der Waals surface area contributed by atoms with Gasteiger partial charge in [-0.2, -0.15) is 0 Å². The van der Waals surface area contributed by atoms with Gasteiger partial charge in [0.25, 0.3) is 0 Å². The van der Waals surface area contributed by atoms with Crippen LogP contribution in [-0.2, 0) is 22.6 Å². The average molecular weight is 364 g/mol. The number of hydrogen-bond acceptors (Lipinski definition) is 7. The molecule has 1 saturated carbocycles. The summed E-state index contributed by atoms with van der Waals surface area (Å²) >= 11 is 3.15. The van der Waals surface area contributed by atoms with Gasteiger partial charge in [-0.1, -0.05) is 11.8 Å². The van der Waals surface area contributed by atoms with E-state index in [1.807, 2.05) is 6.26 Å². The molecule has 128 valence electrons. The molecule has 24 heavy (non-hydrogen) atoms. The van der Waals surface area contributed by atoms with Crippen LogP contribution in [-0.4, -0.2) is 27.7 Å². The number of nitrogens with zero attached hydrogens (tertiary/aromatic N) is 2. The normalized spacial score (nSPS) is 19.1. The second kappa shape index (κ2) is 5.86. The summed E-state index contributed by atoms with van der Waals surface area (Å²) in [7, 11) is 0. The van der Waals surface area contributed by atoms with E-state index in [-0.39, 0.29) is 17.4 Å². The van der Waals surface area contributed by atoms with Crippen molar-refractivity contribution in [1.29, 1.82) is 0 Å². The maximum absolute atomic E-state index is 12.0. The van der Waals surface area contributed by atoms with Crippen molar-refractivity contribution in [3.8, 4) is 0 Å². The van der Waals surface area contributed by atoms with Crippen LogP contribution in [0.5, 0.6) is 0 Å². The SMILES string of the molecule is CSc1nc(NNC(=O)C2CC2)c2c3c(sc2n1)COC(C)(C)C3. The minimum absolute atomic E-state index is 0.0419. The average Bonchev–Trinajstić information content (AvgIpc) is 3.33. The Labute approximate surface area is 148 Å². The second-order valence-electron chi connectivity index (χ2n) is 6.86. The highest BCUT2D eigenvalue weighted by Crippen LogP contribution is 2.41. The number of anilines is 1. The number of rotatable bonds is 4. The monoisotopic (exact) mass is 364 g/mol. The van der Waals surface area contributed by atoms with Crippen molar-refractivity contribution in [3.63, 3.8) is 0 Å². The second-order valence-corrected chi connectivity index (χ2v) is 8.71. The van der Waals surface area contributed by atoms with Gasteiger partial charge >= 0.3 is 0 Å². The fourth-order valence-electron chi connectivity index (χ4n) is 2.88. The van der Waals surface area contributed by atoms with Crippen LogP contribution in [0.3, 0.4) is 0 Å². The summed E-state index contributed by atoms with van der Waals surface area (Å²) in [6.07, 6.45) is 4.72. The number of fused-ring (bicyclic) bond motifs is 3. The molecule has 2 N–H and O–H groups in total. The molecule has 3 heterocycles. The van der Waals surface area contributed by atoms with E-state index in [1.165, 1.54) is 22.2 Å². The molecular formula is C16H20N4O2S2. The molecule has 2 aromatic heterocycles. The Balaban J connectivity index is 1.75. The van der Waals surface area contributed by atoms with Gasteiger partial charge in [0.2, 0.25) is 5.91 Å². The van der Waals surface area contributed by atoms with Crippen LogP contribution < -0.4 is 10.9 Å². The van der Waals surface area contributed by atoms with E-state index in [2.05, 4.69) is 34.7 Å². The molecule has 2 aromatic rings. The zero-order valence-corrected chi connectivity index (χ0v) is 15.6. The summed E-state index contributed by atoms with van der Waals surface area (Å²) in [5, 5.41) is 1.71. The maximum Gasteiger partial charge on any atom is 0.241 e. The van der Waals surface area contributed by atoms with Crippen molar-refractivity contribution in [2.75, 3.05) is 11.7 Å². The van der Waals surface area contributed by atoms with Crippen LogP contribution in [0.2, 0.25) is 0 Å². The third-order valence-corrected chi connectivity index (χ3v) is 5.99. The number of thioether (sulfide) groups is 1. The summed E-state index contributed by atoms with van der Waals surface area (Å²) < 4.78 is 5.92. The summed E-state index contributed by atoms with van der Waals surface area (Å²) in [6, 6.07) is 0. The fourth-order valence-corrected chi connectivity index (χ4v) is 4.40. The first-order valence-corrected chi connectivity index (χ1v) is 10.1.